The van der Waals surface area contributed by atoms with Gasteiger partial charge in [-0.25, -0.2) is 0 Å². The first-order valence-electron chi connectivity index (χ1n) is 9.48. The highest BCUT2D eigenvalue weighted by molar-refractivity contribution is 5.99. The molecule has 0 fully saturated rings. The molecule has 0 aromatic heterocycles. The Morgan fingerprint density at radius 1 is 1.17 bits per heavy atom. The van der Waals surface area contributed by atoms with Gasteiger partial charge in [0.1, 0.15) is 0 Å². The van der Waals surface area contributed by atoms with Crippen molar-refractivity contribution in [1.82, 2.24) is 5.32 Å². The summed E-state index contributed by atoms with van der Waals surface area (Å²) < 4.78 is 5.21. The number of amides is 2. The van der Waals surface area contributed by atoms with Crippen molar-refractivity contribution in [3.05, 3.63) is 69.8 Å². The number of nitrogens with zero attached hydrogens (tertiary/aromatic N) is 2. The third-order valence-corrected chi connectivity index (χ3v) is 4.76. The third-order valence-electron chi connectivity index (χ3n) is 4.76. The van der Waals surface area contributed by atoms with Gasteiger partial charge in [0, 0.05) is 36.5 Å². The van der Waals surface area contributed by atoms with E-state index in [0.29, 0.717) is 6.54 Å². The van der Waals surface area contributed by atoms with Gasteiger partial charge in [-0.3, -0.25) is 24.5 Å². The van der Waals surface area contributed by atoms with E-state index in [1.165, 1.54) is 31.2 Å². The summed E-state index contributed by atoms with van der Waals surface area (Å²) in [4.78, 5) is 48.4. The van der Waals surface area contributed by atoms with Crippen molar-refractivity contribution in [3.8, 4) is 0 Å². The zero-order valence-electron chi connectivity index (χ0n) is 16.4. The number of esters is 1. The molecule has 0 radical (unpaired) electrons. The summed E-state index contributed by atoms with van der Waals surface area (Å²) >= 11 is 0. The summed E-state index contributed by atoms with van der Waals surface area (Å²) in [5.41, 5.74) is 2.04. The minimum atomic E-state index is -0.936. The number of nitro groups is 1. The smallest absolute Gasteiger partial charge is 0.308 e. The molecule has 9 nitrogen and oxygen atoms in total. The molecule has 1 unspecified atom stereocenters. The summed E-state index contributed by atoms with van der Waals surface area (Å²) in [5.74, 6) is -1.36. The molecule has 0 saturated carbocycles. The number of fused-ring (bicyclic) bond motifs is 1. The van der Waals surface area contributed by atoms with Crippen molar-refractivity contribution in [2.45, 2.75) is 25.9 Å². The summed E-state index contributed by atoms with van der Waals surface area (Å²) in [6.45, 7) is 2.09. The zero-order valence-corrected chi connectivity index (χ0v) is 16.4. The van der Waals surface area contributed by atoms with E-state index in [9.17, 15) is 24.5 Å². The van der Waals surface area contributed by atoms with Gasteiger partial charge in [0.05, 0.1) is 11.3 Å². The van der Waals surface area contributed by atoms with E-state index in [4.69, 9.17) is 4.74 Å². The average molecular weight is 411 g/mol. The van der Waals surface area contributed by atoms with Gasteiger partial charge in [-0.15, -0.1) is 0 Å². The molecule has 1 heterocycles. The van der Waals surface area contributed by atoms with Gasteiger partial charge in [0.25, 0.3) is 17.5 Å². The number of carbonyl (C=O) groups is 3. The number of carbonyl (C=O) groups excluding carboxylic acids is 3. The Balaban J connectivity index is 1.44. The monoisotopic (exact) mass is 411 g/mol. The van der Waals surface area contributed by atoms with Gasteiger partial charge < -0.3 is 15.0 Å². The van der Waals surface area contributed by atoms with Crippen molar-refractivity contribution < 1.29 is 24.0 Å². The fourth-order valence-corrected chi connectivity index (χ4v) is 3.21. The van der Waals surface area contributed by atoms with Crippen molar-refractivity contribution in [2.75, 3.05) is 18.0 Å². The molecule has 1 aliphatic heterocycles. The van der Waals surface area contributed by atoms with Gasteiger partial charge in [0.15, 0.2) is 6.10 Å². The van der Waals surface area contributed by atoms with Crippen molar-refractivity contribution in [1.29, 1.82) is 0 Å². The summed E-state index contributed by atoms with van der Waals surface area (Å²) in [6.07, 6.45) is -0.279. The molecule has 2 amide bonds. The molecule has 0 spiro atoms. The number of hydrogen-bond donors (Lipinski definition) is 1. The summed E-state index contributed by atoms with van der Waals surface area (Å²) in [5, 5.41) is 13.2. The fraction of sp³-hybridized carbons (Fsp3) is 0.286. The molecule has 156 valence electrons. The molecule has 3 rings (SSSR count). The molecule has 30 heavy (non-hydrogen) atoms. The first-order chi connectivity index (χ1) is 14.4. The first-order valence-corrected chi connectivity index (χ1v) is 9.48. The lowest BCUT2D eigenvalue weighted by atomic mass is 10.2. The first kappa shape index (κ1) is 21.0. The molecule has 0 bridgehead atoms. The van der Waals surface area contributed by atoms with E-state index in [1.54, 1.807) is 4.90 Å². The van der Waals surface area contributed by atoms with Crippen LogP contribution in [0, 0.1) is 10.1 Å². The lowest BCUT2D eigenvalue weighted by Gasteiger charge is -2.21. The highest BCUT2D eigenvalue weighted by Gasteiger charge is 2.29. The second-order valence-corrected chi connectivity index (χ2v) is 6.81. The second-order valence-electron chi connectivity index (χ2n) is 6.81. The number of nitro benzene ring substituents is 1. The van der Waals surface area contributed by atoms with Crippen LogP contribution in [0.25, 0.3) is 0 Å². The molecular weight excluding hydrogens is 390 g/mol. The molecule has 0 saturated heterocycles. The number of anilines is 1. The Hall–Kier alpha value is -3.75. The van der Waals surface area contributed by atoms with Crippen LogP contribution in [0.15, 0.2) is 48.5 Å². The van der Waals surface area contributed by atoms with Crippen LogP contribution in [-0.4, -0.2) is 41.9 Å². The Morgan fingerprint density at radius 3 is 2.57 bits per heavy atom. The normalized spacial score (nSPS) is 13.3. The zero-order chi connectivity index (χ0) is 21.7. The van der Waals surface area contributed by atoms with Crippen LogP contribution < -0.4 is 10.2 Å². The molecule has 1 aliphatic rings. The lowest BCUT2D eigenvalue weighted by molar-refractivity contribution is -0.384. The minimum absolute atomic E-state index is 0.0160. The number of benzene rings is 2. The Bertz CT molecular complexity index is 973. The predicted molar refractivity (Wildman–Crippen MR) is 108 cm³/mol. The Morgan fingerprint density at radius 2 is 1.87 bits per heavy atom. The Labute approximate surface area is 172 Å². The van der Waals surface area contributed by atoms with Gasteiger partial charge in [-0.1, -0.05) is 18.2 Å². The van der Waals surface area contributed by atoms with Crippen LogP contribution in [0.2, 0.25) is 0 Å². The number of rotatable bonds is 7. The van der Waals surface area contributed by atoms with E-state index in [2.05, 4.69) is 5.32 Å². The summed E-state index contributed by atoms with van der Waals surface area (Å²) in [6, 6.07) is 12.7. The number of non-ortho nitro benzene ring substituents is 1. The van der Waals surface area contributed by atoms with Crippen molar-refractivity contribution >= 4 is 29.2 Å². The number of para-hydroxylation sites is 1. The quantitative estimate of drug-likeness (QED) is 0.424. The van der Waals surface area contributed by atoms with Crippen LogP contribution >= 0.6 is 0 Å². The van der Waals surface area contributed by atoms with Crippen molar-refractivity contribution in [2.24, 2.45) is 0 Å². The van der Waals surface area contributed by atoms with Crippen LogP contribution in [0.5, 0.6) is 0 Å². The average Bonchev–Trinajstić information content (AvgIpc) is 3.17. The van der Waals surface area contributed by atoms with Crippen LogP contribution in [0.4, 0.5) is 11.4 Å². The maximum Gasteiger partial charge on any atom is 0.308 e. The molecular formula is C21H21N3O6. The van der Waals surface area contributed by atoms with Gasteiger partial charge in [-0.05, 0) is 37.1 Å². The number of nitrogens with one attached hydrogen (secondary N) is 1. The minimum Gasteiger partial charge on any atom is -0.452 e. The van der Waals surface area contributed by atoms with Gasteiger partial charge in [-0.2, -0.15) is 0 Å². The van der Waals surface area contributed by atoms with E-state index in [0.717, 1.165) is 17.7 Å². The molecule has 2 aromatic rings. The van der Waals surface area contributed by atoms with Gasteiger partial charge in [0.2, 0.25) is 0 Å². The van der Waals surface area contributed by atoms with E-state index in [-0.39, 0.29) is 30.1 Å². The van der Waals surface area contributed by atoms with Crippen molar-refractivity contribution in [3.63, 3.8) is 0 Å². The lowest BCUT2D eigenvalue weighted by Crippen LogP contribution is -2.39. The maximum atomic E-state index is 12.6. The van der Waals surface area contributed by atoms with Crippen LogP contribution in [-0.2, 0) is 20.7 Å². The highest BCUT2D eigenvalue weighted by atomic mass is 16.6. The van der Waals surface area contributed by atoms with Gasteiger partial charge >= 0.3 is 5.97 Å². The second kappa shape index (κ2) is 9.17. The Kier molecular flexibility index (Phi) is 6.41. The summed E-state index contributed by atoms with van der Waals surface area (Å²) in [7, 11) is 0. The topological polar surface area (TPSA) is 119 Å². The van der Waals surface area contributed by atoms with E-state index in [1.807, 2.05) is 24.3 Å². The molecule has 1 N–H and O–H groups in total. The van der Waals surface area contributed by atoms with E-state index < -0.39 is 22.9 Å². The molecule has 1 atom stereocenters. The number of hydrogen-bond acceptors (Lipinski definition) is 6. The standard InChI is InChI=1S/C21H21N3O6/c1-14(21(27)23-13-11-15-4-2-3-5-18(15)23)30-19(25)10-12-22-20(26)16-6-8-17(9-7-16)24(28)29/h2-9,14H,10-13H2,1H3,(H,22,26). The predicted octanol–water partition coefficient (Wildman–Crippen LogP) is 2.24. The van der Waals surface area contributed by atoms with Crippen LogP contribution in [0.3, 0.4) is 0 Å². The largest absolute Gasteiger partial charge is 0.452 e. The van der Waals surface area contributed by atoms with E-state index >= 15 is 0 Å². The highest BCUT2D eigenvalue weighted by Crippen LogP contribution is 2.28. The molecule has 0 aliphatic carbocycles. The third kappa shape index (κ3) is 4.80. The SMILES string of the molecule is CC(OC(=O)CCNC(=O)c1ccc([N+](=O)[O-])cc1)C(=O)N1CCc2ccccc21. The fourth-order valence-electron chi connectivity index (χ4n) is 3.21. The molecule has 2 aromatic carbocycles. The van der Waals surface area contributed by atoms with Crippen LogP contribution in [0.1, 0.15) is 29.3 Å². The maximum absolute atomic E-state index is 12.6. The number of ether oxygens (including phenoxy) is 1. The molecule has 9 heteroatoms.